The van der Waals surface area contributed by atoms with Crippen LogP contribution in [0.2, 0.25) is 5.02 Å². The van der Waals surface area contributed by atoms with Gasteiger partial charge in [-0.3, -0.25) is 9.69 Å². The fraction of sp³-hybridized carbons (Fsp3) is 0.500. The van der Waals surface area contributed by atoms with Crippen LogP contribution in [-0.2, 0) is 21.4 Å². The summed E-state index contributed by atoms with van der Waals surface area (Å²) in [5.41, 5.74) is 9.65. The lowest BCUT2D eigenvalue weighted by Gasteiger charge is -2.45. The molecular weight excluding hydrogens is 644 g/mol. The molecule has 0 radical (unpaired) electrons. The zero-order chi connectivity index (χ0) is 33.3. The molecule has 0 aromatic heterocycles. The maximum absolute atomic E-state index is 14.4. The third-order valence-corrected chi connectivity index (χ3v) is 13.1. The summed E-state index contributed by atoms with van der Waals surface area (Å²) in [6.45, 7) is 2.40. The molecule has 3 aliphatic heterocycles. The van der Waals surface area contributed by atoms with Gasteiger partial charge in [0, 0.05) is 49.3 Å². The number of hydrogen-bond donors (Lipinski definition) is 1. The van der Waals surface area contributed by atoms with Crippen molar-refractivity contribution in [1.29, 1.82) is 0 Å². The lowest BCUT2D eigenvalue weighted by molar-refractivity contribution is -0.142. The molecule has 4 fully saturated rings. The monoisotopic (exact) mass is 690 g/mol. The van der Waals surface area contributed by atoms with Gasteiger partial charge in [0.05, 0.1) is 11.5 Å². The van der Waals surface area contributed by atoms with E-state index in [9.17, 15) is 13.2 Å². The van der Waals surface area contributed by atoms with Crippen molar-refractivity contribution in [1.82, 2.24) is 14.1 Å². The maximum Gasteiger partial charge on any atom is 0.243 e. The molecule has 3 aromatic rings. The Hall–Kier alpha value is -2.95. The van der Waals surface area contributed by atoms with Crippen LogP contribution in [-0.4, -0.2) is 78.8 Å². The van der Waals surface area contributed by atoms with Crippen LogP contribution in [0.5, 0.6) is 5.75 Å². The number of piperidine rings is 1. The van der Waals surface area contributed by atoms with Crippen molar-refractivity contribution < 1.29 is 17.9 Å². The van der Waals surface area contributed by atoms with Crippen LogP contribution >= 0.6 is 11.6 Å². The molecule has 4 aliphatic rings. The van der Waals surface area contributed by atoms with Crippen molar-refractivity contribution in [3.05, 3.63) is 83.4 Å². The second-order valence-electron chi connectivity index (χ2n) is 14.2. The van der Waals surface area contributed by atoms with Crippen LogP contribution in [0.25, 0.3) is 11.1 Å². The topological polar surface area (TPSA) is 96.2 Å². The number of rotatable bonds is 9. The van der Waals surface area contributed by atoms with Crippen molar-refractivity contribution in [2.75, 3.05) is 26.2 Å². The zero-order valence-corrected chi connectivity index (χ0v) is 29.1. The first-order valence-corrected chi connectivity index (χ1v) is 19.5. The van der Waals surface area contributed by atoms with E-state index < -0.39 is 16.1 Å². The van der Waals surface area contributed by atoms with Crippen molar-refractivity contribution >= 4 is 27.5 Å². The first-order valence-electron chi connectivity index (χ1n) is 17.6. The first-order chi connectivity index (χ1) is 23.2. The van der Waals surface area contributed by atoms with E-state index >= 15 is 0 Å². The normalized spacial score (nSPS) is 25.7. The number of fused-ring (bicyclic) bond motifs is 2. The zero-order valence-electron chi connectivity index (χ0n) is 27.6. The van der Waals surface area contributed by atoms with Crippen molar-refractivity contribution in [3.63, 3.8) is 0 Å². The number of piperazine rings is 1. The second-order valence-corrected chi connectivity index (χ2v) is 16.5. The number of nitrogens with zero attached hydrogens (tertiary/aromatic N) is 3. The Morgan fingerprint density at radius 3 is 2.08 bits per heavy atom. The number of ether oxygens (including phenoxy) is 1. The summed E-state index contributed by atoms with van der Waals surface area (Å²) in [5.74, 6) is 1.15. The summed E-state index contributed by atoms with van der Waals surface area (Å²) in [4.78, 5) is 18.8. The lowest BCUT2D eigenvalue weighted by atomic mass is 9.90. The van der Waals surface area contributed by atoms with E-state index in [0.717, 1.165) is 42.4 Å². The van der Waals surface area contributed by atoms with E-state index in [1.807, 2.05) is 29.2 Å². The molecule has 0 spiro atoms. The number of nitrogens with two attached hydrogens (primary N) is 1. The van der Waals surface area contributed by atoms with Gasteiger partial charge in [-0.2, -0.15) is 4.31 Å². The average Bonchev–Trinajstić information content (AvgIpc) is 3.38. The molecule has 10 heteroatoms. The molecule has 1 aliphatic carbocycles. The Bertz CT molecular complexity index is 1650. The van der Waals surface area contributed by atoms with Gasteiger partial charge in [0.15, 0.2) is 0 Å². The summed E-state index contributed by atoms with van der Waals surface area (Å²) in [6.07, 6.45) is 9.57. The number of benzene rings is 3. The van der Waals surface area contributed by atoms with E-state index in [4.69, 9.17) is 22.1 Å². The molecule has 1 saturated carbocycles. The summed E-state index contributed by atoms with van der Waals surface area (Å²) in [5, 5.41) is 0.705. The molecule has 3 saturated heterocycles. The molecule has 1 amide bonds. The standard InChI is InChI=1S/C38H47ClN4O4S/c39-31-12-10-30(11-13-31)29-8-6-27(7-9-29)24-41-20-21-42(37(25-41)38(44)43-33-14-15-34(43)23-32(40)22-33)48(45,46)36-18-16-35(17-19-36)47-26-28-4-2-1-3-5-28/h6-13,16-19,28,32-34,37H,1-5,14-15,20-26,40H2. The maximum atomic E-state index is 14.4. The lowest BCUT2D eigenvalue weighted by Crippen LogP contribution is -2.63. The molecule has 3 aromatic carbocycles. The van der Waals surface area contributed by atoms with Gasteiger partial charge in [-0.25, -0.2) is 8.42 Å². The Morgan fingerprint density at radius 1 is 0.812 bits per heavy atom. The second kappa shape index (κ2) is 14.5. The average molecular weight is 691 g/mol. The highest BCUT2D eigenvalue weighted by Gasteiger charge is 2.48. The van der Waals surface area contributed by atoms with Crippen LogP contribution in [0.1, 0.15) is 63.4 Å². The van der Waals surface area contributed by atoms with Crippen molar-refractivity contribution in [2.24, 2.45) is 11.7 Å². The van der Waals surface area contributed by atoms with Crippen LogP contribution in [0, 0.1) is 5.92 Å². The highest BCUT2D eigenvalue weighted by Crippen LogP contribution is 2.37. The summed E-state index contributed by atoms with van der Waals surface area (Å²) in [6, 6.07) is 22.4. The molecule has 2 bridgehead atoms. The Morgan fingerprint density at radius 2 is 1.44 bits per heavy atom. The van der Waals surface area contributed by atoms with Crippen LogP contribution < -0.4 is 10.5 Å². The third kappa shape index (κ3) is 7.31. The molecule has 256 valence electrons. The van der Waals surface area contributed by atoms with Gasteiger partial charge in [0.2, 0.25) is 15.9 Å². The predicted molar refractivity (Wildman–Crippen MR) is 189 cm³/mol. The minimum atomic E-state index is -3.94. The first kappa shape index (κ1) is 33.5. The van der Waals surface area contributed by atoms with E-state index in [-0.39, 0.29) is 35.5 Å². The number of carbonyl (C=O) groups is 1. The number of amides is 1. The van der Waals surface area contributed by atoms with Gasteiger partial charge in [-0.1, -0.05) is 67.3 Å². The van der Waals surface area contributed by atoms with E-state index in [0.29, 0.717) is 42.9 Å². The SMILES string of the molecule is NC1CC2CCC(C1)N2C(=O)C1CN(Cc2ccc(-c3ccc(Cl)cc3)cc2)CCN1S(=O)(=O)c1ccc(OCC2CCCCC2)cc1. The number of carbonyl (C=O) groups excluding carboxylic acids is 1. The smallest absolute Gasteiger partial charge is 0.243 e. The van der Waals surface area contributed by atoms with E-state index in [1.54, 1.807) is 24.3 Å². The molecule has 3 unspecified atom stereocenters. The largest absolute Gasteiger partial charge is 0.493 e. The minimum absolute atomic E-state index is 0.0761. The molecule has 3 heterocycles. The van der Waals surface area contributed by atoms with E-state index in [2.05, 4.69) is 29.2 Å². The van der Waals surface area contributed by atoms with Crippen LogP contribution in [0.15, 0.2) is 77.7 Å². The molecule has 2 N–H and O–H groups in total. The fourth-order valence-electron chi connectivity index (χ4n) is 8.32. The summed E-state index contributed by atoms with van der Waals surface area (Å²) < 4.78 is 36.0. The molecule has 7 rings (SSSR count). The molecule has 48 heavy (non-hydrogen) atoms. The van der Waals surface area contributed by atoms with Crippen LogP contribution in [0.3, 0.4) is 0 Å². The van der Waals surface area contributed by atoms with Gasteiger partial charge >= 0.3 is 0 Å². The van der Waals surface area contributed by atoms with Gasteiger partial charge in [0.25, 0.3) is 0 Å². The van der Waals surface area contributed by atoms with Gasteiger partial charge < -0.3 is 15.4 Å². The highest BCUT2D eigenvalue weighted by atomic mass is 35.5. The summed E-state index contributed by atoms with van der Waals surface area (Å²) in [7, 11) is -3.94. The van der Waals surface area contributed by atoms with Crippen LogP contribution in [0.4, 0.5) is 0 Å². The molecular formula is C38H47ClN4O4S. The van der Waals surface area contributed by atoms with E-state index in [1.165, 1.54) is 36.4 Å². The number of sulfonamides is 1. The van der Waals surface area contributed by atoms with Crippen molar-refractivity contribution in [2.45, 2.75) is 93.4 Å². The van der Waals surface area contributed by atoms with Crippen molar-refractivity contribution in [3.8, 4) is 16.9 Å². The Labute approximate surface area is 290 Å². The molecule has 3 atom stereocenters. The molecule has 8 nitrogen and oxygen atoms in total. The Balaban J connectivity index is 1.08. The predicted octanol–water partition coefficient (Wildman–Crippen LogP) is 6.32. The Kier molecular flexibility index (Phi) is 10.1. The van der Waals surface area contributed by atoms with Gasteiger partial charge in [0.1, 0.15) is 11.8 Å². The highest BCUT2D eigenvalue weighted by molar-refractivity contribution is 7.89. The van der Waals surface area contributed by atoms with Gasteiger partial charge in [-0.05, 0) is 97.5 Å². The minimum Gasteiger partial charge on any atom is -0.493 e. The quantitative estimate of drug-likeness (QED) is 0.282. The number of halogens is 1. The third-order valence-electron chi connectivity index (χ3n) is 10.9. The number of hydrogen-bond acceptors (Lipinski definition) is 6. The fourth-order valence-corrected chi connectivity index (χ4v) is 10.0. The summed E-state index contributed by atoms with van der Waals surface area (Å²) >= 11 is 6.07. The van der Waals surface area contributed by atoms with Gasteiger partial charge in [-0.15, -0.1) is 0 Å².